The van der Waals surface area contributed by atoms with E-state index < -0.39 is 0 Å². The van der Waals surface area contributed by atoms with Crippen molar-refractivity contribution in [3.05, 3.63) is 72.1 Å². The smallest absolute Gasteiger partial charge is 0.227 e. The van der Waals surface area contributed by atoms with Crippen LogP contribution < -0.4 is 16.0 Å². The van der Waals surface area contributed by atoms with E-state index in [2.05, 4.69) is 32.2 Å². The molecular formula is C28H35FN6O. The fourth-order valence-electron chi connectivity index (χ4n) is 5.34. The van der Waals surface area contributed by atoms with E-state index in [1.807, 2.05) is 30.1 Å². The summed E-state index contributed by atoms with van der Waals surface area (Å²) in [4.78, 5) is 22.2. The fourth-order valence-corrected chi connectivity index (χ4v) is 5.34. The molecule has 8 heteroatoms. The highest BCUT2D eigenvalue weighted by Gasteiger charge is 2.26. The molecular weight excluding hydrogens is 455 g/mol. The van der Waals surface area contributed by atoms with Crippen molar-refractivity contribution in [3.8, 4) is 5.69 Å². The molecule has 1 unspecified atom stereocenters. The molecule has 0 aliphatic carbocycles. The summed E-state index contributed by atoms with van der Waals surface area (Å²) in [6.07, 6.45) is 7.52. The van der Waals surface area contributed by atoms with Gasteiger partial charge < -0.3 is 20.5 Å². The second-order valence-corrected chi connectivity index (χ2v) is 10.2. The lowest BCUT2D eigenvalue weighted by molar-refractivity contribution is -0.120. The molecule has 2 saturated heterocycles. The molecule has 2 fully saturated rings. The number of nitrogens with one attached hydrogen (secondary N) is 1. The number of piperidine rings is 2. The number of hydrogen-bond acceptors (Lipinski definition) is 5. The van der Waals surface area contributed by atoms with Gasteiger partial charge in [-0.1, -0.05) is 0 Å². The summed E-state index contributed by atoms with van der Waals surface area (Å²) in [7, 11) is 0. The highest BCUT2D eigenvalue weighted by atomic mass is 19.1. The average Bonchev–Trinajstić information content (AvgIpc) is 3.31. The Hall–Kier alpha value is -3.23. The Balaban J connectivity index is 1.28. The van der Waals surface area contributed by atoms with Crippen molar-refractivity contribution in [2.45, 2.75) is 45.2 Å². The molecule has 3 aromatic rings. The van der Waals surface area contributed by atoms with E-state index >= 15 is 0 Å². The maximum Gasteiger partial charge on any atom is 0.227 e. The molecule has 1 atom stereocenters. The number of benzene rings is 2. The number of aromatic nitrogens is 2. The SMILES string of the molecule is Cc1cn(-c2cc(CN3CCCC(N)C3)cc(NC(=O)C3CCN(c4ccc(F)cc4)CC3)c2)cn1. The number of carbonyl (C=O) groups excluding carboxylic acids is 1. The molecule has 0 saturated carbocycles. The Morgan fingerprint density at radius 2 is 1.86 bits per heavy atom. The summed E-state index contributed by atoms with van der Waals surface area (Å²) < 4.78 is 15.3. The molecule has 3 heterocycles. The number of imidazole rings is 1. The van der Waals surface area contributed by atoms with Crippen molar-refractivity contribution >= 4 is 17.3 Å². The number of halogens is 1. The van der Waals surface area contributed by atoms with E-state index in [-0.39, 0.29) is 23.7 Å². The number of rotatable bonds is 6. The van der Waals surface area contributed by atoms with Gasteiger partial charge in [-0.2, -0.15) is 0 Å². The molecule has 0 radical (unpaired) electrons. The summed E-state index contributed by atoms with van der Waals surface area (Å²) in [5.41, 5.74) is 11.1. The van der Waals surface area contributed by atoms with Crippen molar-refractivity contribution in [1.29, 1.82) is 0 Å². The molecule has 2 aliphatic heterocycles. The van der Waals surface area contributed by atoms with Crippen LogP contribution in [0.5, 0.6) is 0 Å². The second-order valence-electron chi connectivity index (χ2n) is 10.2. The summed E-state index contributed by atoms with van der Waals surface area (Å²) >= 11 is 0. The van der Waals surface area contributed by atoms with Gasteiger partial charge in [0, 0.05) is 61.4 Å². The first kappa shape index (κ1) is 24.5. The van der Waals surface area contributed by atoms with Gasteiger partial charge in [-0.25, -0.2) is 9.37 Å². The van der Waals surface area contributed by atoms with Gasteiger partial charge in [-0.3, -0.25) is 9.69 Å². The number of aryl methyl sites for hydroxylation is 1. The molecule has 0 spiro atoms. The van der Waals surface area contributed by atoms with Gasteiger partial charge in [0.1, 0.15) is 5.82 Å². The maximum absolute atomic E-state index is 13.3. The van der Waals surface area contributed by atoms with E-state index in [1.165, 1.54) is 12.1 Å². The van der Waals surface area contributed by atoms with Gasteiger partial charge in [0.25, 0.3) is 0 Å². The zero-order valence-corrected chi connectivity index (χ0v) is 20.9. The third-order valence-electron chi connectivity index (χ3n) is 7.26. The molecule has 2 aromatic carbocycles. The zero-order chi connectivity index (χ0) is 25.1. The third-order valence-corrected chi connectivity index (χ3v) is 7.26. The van der Waals surface area contributed by atoms with Gasteiger partial charge in [0.05, 0.1) is 12.0 Å². The first-order chi connectivity index (χ1) is 17.4. The number of nitrogens with two attached hydrogens (primary N) is 1. The lowest BCUT2D eigenvalue weighted by Crippen LogP contribution is -2.42. The predicted octanol–water partition coefficient (Wildman–Crippen LogP) is 4.10. The van der Waals surface area contributed by atoms with Crippen LogP contribution >= 0.6 is 0 Å². The Labute approximate surface area is 212 Å². The molecule has 190 valence electrons. The Morgan fingerprint density at radius 1 is 1.08 bits per heavy atom. The molecule has 5 rings (SSSR count). The molecule has 1 amide bonds. The van der Waals surface area contributed by atoms with E-state index in [1.54, 1.807) is 12.1 Å². The quantitative estimate of drug-likeness (QED) is 0.544. The molecule has 36 heavy (non-hydrogen) atoms. The first-order valence-corrected chi connectivity index (χ1v) is 12.9. The Morgan fingerprint density at radius 3 is 2.56 bits per heavy atom. The number of anilines is 2. The summed E-state index contributed by atoms with van der Waals surface area (Å²) in [5.74, 6) is -0.230. The predicted molar refractivity (Wildman–Crippen MR) is 141 cm³/mol. The number of hydrogen-bond donors (Lipinski definition) is 2. The molecule has 1 aromatic heterocycles. The Bertz CT molecular complexity index is 1190. The third kappa shape index (κ3) is 5.94. The zero-order valence-electron chi connectivity index (χ0n) is 20.9. The molecule has 7 nitrogen and oxygen atoms in total. The highest BCUT2D eigenvalue weighted by Crippen LogP contribution is 2.26. The standard InChI is InChI=1S/C28H35FN6O/c1-20-16-35(19-31-20)27-14-21(17-33-10-2-3-24(30)18-33)13-25(15-27)32-28(36)22-8-11-34(12-9-22)26-6-4-23(29)5-7-26/h4-7,13-16,19,22,24H,2-3,8-12,17-18,30H2,1H3,(H,32,36). The largest absolute Gasteiger partial charge is 0.371 e. The van der Waals surface area contributed by atoms with Crippen molar-refractivity contribution in [2.75, 3.05) is 36.4 Å². The van der Waals surface area contributed by atoms with Crippen LogP contribution in [0.1, 0.15) is 36.9 Å². The number of likely N-dealkylation sites (tertiary alicyclic amines) is 1. The first-order valence-electron chi connectivity index (χ1n) is 12.9. The topological polar surface area (TPSA) is 79.4 Å². The molecule has 0 bridgehead atoms. The number of carbonyl (C=O) groups is 1. The maximum atomic E-state index is 13.3. The normalized spacial score (nSPS) is 19.4. The minimum absolute atomic E-state index is 0.0515. The molecule has 2 aliphatic rings. The second kappa shape index (κ2) is 10.8. The van der Waals surface area contributed by atoms with Crippen molar-refractivity contribution in [2.24, 2.45) is 11.7 Å². The minimum atomic E-state index is -0.233. The van der Waals surface area contributed by atoms with Crippen LogP contribution in [0, 0.1) is 18.7 Å². The fraction of sp³-hybridized carbons (Fsp3) is 0.429. The van der Waals surface area contributed by atoms with E-state index in [4.69, 9.17) is 5.73 Å². The summed E-state index contributed by atoms with van der Waals surface area (Å²) in [6, 6.07) is 13.1. The van der Waals surface area contributed by atoms with Crippen molar-refractivity contribution < 1.29 is 9.18 Å². The van der Waals surface area contributed by atoms with Crippen LogP contribution in [0.2, 0.25) is 0 Å². The lowest BCUT2D eigenvalue weighted by Gasteiger charge is -2.33. The molecule has 3 N–H and O–H groups in total. The van der Waals surface area contributed by atoms with E-state index in [0.29, 0.717) is 0 Å². The van der Waals surface area contributed by atoms with Gasteiger partial charge in [0.15, 0.2) is 0 Å². The Kier molecular flexibility index (Phi) is 7.34. The average molecular weight is 491 g/mol. The van der Waals surface area contributed by atoms with Crippen molar-refractivity contribution in [1.82, 2.24) is 14.5 Å². The monoisotopic (exact) mass is 490 g/mol. The van der Waals surface area contributed by atoms with Crippen LogP contribution in [0.4, 0.5) is 15.8 Å². The van der Waals surface area contributed by atoms with E-state index in [0.717, 1.165) is 86.7 Å². The van der Waals surface area contributed by atoms with Gasteiger partial charge in [-0.15, -0.1) is 0 Å². The van der Waals surface area contributed by atoms with Crippen LogP contribution in [0.3, 0.4) is 0 Å². The van der Waals surface area contributed by atoms with Gasteiger partial charge in [0.2, 0.25) is 5.91 Å². The summed E-state index contributed by atoms with van der Waals surface area (Å²) in [5, 5.41) is 3.19. The van der Waals surface area contributed by atoms with Gasteiger partial charge >= 0.3 is 0 Å². The summed E-state index contributed by atoms with van der Waals surface area (Å²) in [6.45, 7) is 6.25. The minimum Gasteiger partial charge on any atom is -0.371 e. The van der Waals surface area contributed by atoms with Crippen LogP contribution in [-0.4, -0.2) is 52.6 Å². The highest BCUT2D eigenvalue weighted by molar-refractivity contribution is 5.93. The van der Waals surface area contributed by atoms with Gasteiger partial charge in [-0.05, 0) is 87.2 Å². The lowest BCUT2D eigenvalue weighted by atomic mass is 9.95. The van der Waals surface area contributed by atoms with Crippen LogP contribution in [0.25, 0.3) is 5.69 Å². The number of nitrogens with zero attached hydrogens (tertiary/aromatic N) is 4. The van der Waals surface area contributed by atoms with Crippen LogP contribution in [-0.2, 0) is 11.3 Å². The van der Waals surface area contributed by atoms with E-state index in [9.17, 15) is 9.18 Å². The van der Waals surface area contributed by atoms with Crippen LogP contribution in [0.15, 0.2) is 55.0 Å². The van der Waals surface area contributed by atoms with Crippen molar-refractivity contribution in [3.63, 3.8) is 0 Å². The number of amides is 1.